The standard InChI is InChI=1S/C25H34N6O5S/c1-6-9-19-22-23(30(5)28-19)25(33)27-24(26-22)18-14-17(10-11-21(18)36-7-2)37(34,35)31-13-8-12-29(4)20(15-31)16(3)32/h10-11,14,20H,6-9,12-13,15H2,1-5H3,(H,26,27,33). The van der Waals surface area contributed by atoms with Gasteiger partial charge in [-0.3, -0.25) is 19.2 Å². The van der Waals surface area contributed by atoms with E-state index in [-0.39, 0.29) is 28.6 Å². The predicted octanol–water partition coefficient (Wildman–Crippen LogP) is 1.96. The number of ketones is 1. The number of aryl methyl sites for hydroxylation is 2. The van der Waals surface area contributed by atoms with Crippen LogP contribution in [0.15, 0.2) is 27.9 Å². The number of H-pyrrole nitrogens is 1. The lowest BCUT2D eigenvalue weighted by atomic mass is 10.1. The number of sulfonamides is 1. The lowest BCUT2D eigenvalue weighted by molar-refractivity contribution is -0.121. The number of Topliss-reactive ketones (excluding diaryl/α,β-unsaturated/α-hetero) is 1. The first-order chi connectivity index (χ1) is 17.6. The van der Waals surface area contributed by atoms with Gasteiger partial charge in [0, 0.05) is 20.1 Å². The number of benzene rings is 1. The number of hydrogen-bond acceptors (Lipinski definition) is 8. The lowest BCUT2D eigenvalue weighted by Crippen LogP contribution is -2.45. The number of fused-ring (bicyclic) bond motifs is 1. The highest BCUT2D eigenvalue weighted by atomic mass is 32.2. The van der Waals surface area contributed by atoms with Gasteiger partial charge >= 0.3 is 0 Å². The Kier molecular flexibility index (Phi) is 7.81. The fourth-order valence-electron chi connectivity index (χ4n) is 4.80. The fourth-order valence-corrected chi connectivity index (χ4v) is 6.31. The minimum atomic E-state index is -3.94. The Balaban J connectivity index is 1.84. The molecule has 0 aliphatic carbocycles. The largest absolute Gasteiger partial charge is 0.493 e. The number of ether oxygens (including phenoxy) is 1. The first-order valence-electron chi connectivity index (χ1n) is 12.5. The van der Waals surface area contributed by atoms with Crippen molar-refractivity contribution >= 4 is 26.8 Å². The Morgan fingerprint density at radius 3 is 2.65 bits per heavy atom. The van der Waals surface area contributed by atoms with Crippen LogP contribution in [0.2, 0.25) is 0 Å². The molecule has 1 N–H and O–H groups in total. The summed E-state index contributed by atoms with van der Waals surface area (Å²) in [5.41, 5.74) is 1.55. The number of likely N-dealkylation sites (N-methyl/N-ethyl adjacent to an activating group) is 1. The highest BCUT2D eigenvalue weighted by Gasteiger charge is 2.33. The number of nitrogens with one attached hydrogen (secondary N) is 1. The Morgan fingerprint density at radius 1 is 1.22 bits per heavy atom. The van der Waals surface area contributed by atoms with Crippen LogP contribution in [-0.4, -0.2) is 82.5 Å². The molecule has 1 aliphatic heterocycles. The average Bonchev–Trinajstić information content (AvgIpc) is 3.02. The maximum Gasteiger partial charge on any atom is 0.277 e. The molecule has 11 nitrogen and oxygen atoms in total. The van der Waals surface area contributed by atoms with Gasteiger partial charge in [0.1, 0.15) is 22.9 Å². The van der Waals surface area contributed by atoms with Crippen molar-refractivity contribution in [3.05, 3.63) is 34.2 Å². The Bertz CT molecular complexity index is 1480. The van der Waals surface area contributed by atoms with Crippen LogP contribution >= 0.6 is 0 Å². The van der Waals surface area contributed by atoms with Crippen LogP contribution in [0.25, 0.3) is 22.4 Å². The van der Waals surface area contributed by atoms with Crippen molar-refractivity contribution in [2.24, 2.45) is 7.05 Å². The van der Waals surface area contributed by atoms with Gasteiger partial charge in [0.15, 0.2) is 5.52 Å². The van der Waals surface area contributed by atoms with Gasteiger partial charge in [-0.1, -0.05) is 13.3 Å². The lowest BCUT2D eigenvalue weighted by Gasteiger charge is -2.26. The quantitative estimate of drug-likeness (QED) is 0.468. The van der Waals surface area contributed by atoms with E-state index in [0.29, 0.717) is 60.6 Å². The summed E-state index contributed by atoms with van der Waals surface area (Å²) < 4.78 is 36.1. The third-order valence-electron chi connectivity index (χ3n) is 6.69. The van der Waals surface area contributed by atoms with E-state index in [1.54, 1.807) is 13.1 Å². The van der Waals surface area contributed by atoms with Crippen LogP contribution in [0.4, 0.5) is 0 Å². The van der Waals surface area contributed by atoms with Gasteiger partial charge in [-0.15, -0.1) is 0 Å². The van der Waals surface area contributed by atoms with Gasteiger partial charge in [-0.25, -0.2) is 13.4 Å². The molecule has 200 valence electrons. The number of carbonyl (C=O) groups is 1. The maximum atomic E-state index is 13.7. The number of aromatic amines is 1. The summed E-state index contributed by atoms with van der Waals surface area (Å²) in [5, 5.41) is 4.46. The highest BCUT2D eigenvalue weighted by Crippen LogP contribution is 2.32. The van der Waals surface area contributed by atoms with Gasteiger partial charge in [-0.2, -0.15) is 9.40 Å². The molecule has 0 radical (unpaired) electrons. The van der Waals surface area contributed by atoms with E-state index >= 15 is 0 Å². The van der Waals surface area contributed by atoms with Crippen molar-refractivity contribution in [1.82, 2.24) is 29.0 Å². The molecule has 0 amide bonds. The van der Waals surface area contributed by atoms with Gasteiger partial charge in [0.2, 0.25) is 10.0 Å². The molecule has 1 atom stereocenters. The molecule has 4 rings (SSSR count). The molecule has 1 saturated heterocycles. The summed E-state index contributed by atoms with van der Waals surface area (Å²) in [6, 6.07) is 4.04. The first kappa shape index (κ1) is 27.0. The second kappa shape index (κ2) is 10.7. The number of carbonyl (C=O) groups excluding carboxylic acids is 1. The van der Waals surface area contributed by atoms with Gasteiger partial charge in [0.25, 0.3) is 5.56 Å². The molecule has 0 spiro atoms. The molecule has 1 fully saturated rings. The fraction of sp³-hybridized carbons (Fsp3) is 0.520. The number of hydrogen-bond donors (Lipinski definition) is 1. The summed E-state index contributed by atoms with van der Waals surface area (Å²) in [5.74, 6) is 0.536. The van der Waals surface area contributed by atoms with Crippen molar-refractivity contribution in [3.63, 3.8) is 0 Å². The molecule has 1 aliphatic rings. The molecule has 12 heteroatoms. The van der Waals surface area contributed by atoms with Gasteiger partial charge in [-0.05, 0) is 58.5 Å². The second-order valence-corrected chi connectivity index (χ2v) is 11.3. The number of rotatable bonds is 8. The molecule has 1 unspecified atom stereocenters. The molecule has 0 bridgehead atoms. The van der Waals surface area contributed by atoms with Crippen LogP contribution in [0.3, 0.4) is 0 Å². The van der Waals surface area contributed by atoms with Crippen LogP contribution < -0.4 is 10.3 Å². The van der Waals surface area contributed by atoms with E-state index in [1.165, 1.54) is 28.0 Å². The smallest absolute Gasteiger partial charge is 0.277 e. The maximum absolute atomic E-state index is 13.7. The van der Waals surface area contributed by atoms with Crippen molar-refractivity contribution in [2.45, 2.75) is 51.0 Å². The van der Waals surface area contributed by atoms with Crippen molar-refractivity contribution in [2.75, 3.05) is 33.3 Å². The average molecular weight is 531 g/mol. The van der Waals surface area contributed by atoms with E-state index < -0.39 is 16.1 Å². The summed E-state index contributed by atoms with van der Waals surface area (Å²) in [7, 11) is -0.408. The summed E-state index contributed by atoms with van der Waals surface area (Å²) in [6.07, 6.45) is 2.09. The molecule has 3 heterocycles. The van der Waals surface area contributed by atoms with Crippen LogP contribution in [0, 0.1) is 0 Å². The molecule has 2 aromatic heterocycles. The summed E-state index contributed by atoms with van der Waals surface area (Å²) in [4.78, 5) is 34.7. The van der Waals surface area contributed by atoms with Crippen LogP contribution in [0.1, 0.15) is 39.3 Å². The zero-order chi connectivity index (χ0) is 26.9. The van der Waals surface area contributed by atoms with Crippen LogP contribution in [-0.2, 0) is 28.3 Å². The summed E-state index contributed by atoms with van der Waals surface area (Å²) >= 11 is 0. The third kappa shape index (κ3) is 5.18. The topological polar surface area (TPSA) is 130 Å². The van der Waals surface area contributed by atoms with E-state index in [9.17, 15) is 18.0 Å². The normalized spacial score (nSPS) is 17.7. The second-order valence-electron chi connectivity index (χ2n) is 9.35. The predicted molar refractivity (Wildman–Crippen MR) is 140 cm³/mol. The molecule has 1 aromatic carbocycles. The Hall–Kier alpha value is -3.09. The zero-order valence-electron chi connectivity index (χ0n) is 21.9. The first-order valence-corrected chi connectivity index (χ1v) is 14.0. The van der Waals surface area contributed by atoms with Crippen molar-refractivity contribution in [1.29, 1.82) is 0 Å². The minimum Gasteiger partial charge on any atom is -0.493 e. The Morgan fingerprint density at radius 2 is 1.97 bits per heavy atom. The number of aromatic nitrogens is 4. The van der Waals surface area contributed by atoms with E-state index in [0.717, 1.165) is 6.42 Å². The van der Waals surface area contributed by atoms with E-state index in [4.69, 9.17) is 9.72 Å². The molecule has 3 aromatic rings. The minimum absolute atomic E-state index is 0.0422. The number of nitrogens with zero attached hydrogens (tertiary/aromatic N) is 5. The monoisotopic (exact) mass is 530 g/mol. The van der Waals surface area contributed by atoms with Crippen LogP contribution in [0.5, 0.6) is 5.75 Å². The third-order valence-corrected chi connectivity index (χ3v) is 8.55. The molecular formula is C25H34N6O5S. The highest BCUT2D eigenvalue weighted by molar-refractivity contribution is 7.89. The zero-order valence-corrected chi connectivity index (χ0v) is 22.8. The summed E-state index contributed by atoms with van der Waals surface area (Å²) in [6.45, 7) is 6.68. The van der Waals surface area contributed by atoms with Crippen molar-refractivity contribution in [3.8, 4) is 17.1 Å². The SMILES string of the molecule is CCCc1nn(C)c2c(=O)[nH]c(-c3cc(S(=O)(=O)N4CCCN(C)C(C(C)=O)C4)ccc3OCC)nc12. The van der Waals surface area contributed by atoms with Gasteiger partial charge < -0.3 is 9.72 Å². The molecular weight excluding hydrogens is 496 g/mol. The van der Waals surface area contributed by atoms with Gasteiger partial charge in [0.05, 0.1) is 28.8 Å². The van der Waals surface area contributed by atoms with Crippen molar-refractivity contribution < 1.29 is 17.9 Å². The van der Waals surface area contributed by atoms with E-state index in [2.05, 4.69) is 10.1 Å². The Labute approximate surface area is 216 Å². The molecule has 37 heavy (non-hydrogen) atoms. The van der Waals surface area contributed by atoms with E-state index in [1.807, 2.05) is 25.8 Å². The molecule has 0 saturated carbocycles.